The van der Waals surface area contributed by atoms with E-state index < -0.39 is 0 Å². The molecule has 0 saturated carbocycles. The summed E-state index contributed by atoms with van der Waals surface area (Å²) < 4.78 is 2.50. The van der Waals surface area contributed by atoms with Gasteiger partial charge in [-0.2, -0.15) is 0 Å². The summed E-state index contributed by atoms with van der Waals surface area (Å²) in [5.41, 5.74) is 2.75. The Morgan fingerprint density at radius 3 is 1.79 bits per heavy atom. The first-order chi connectivity index (χ1) is 16.3. The smallest absolute Gasteiger partial charge is 0.108 e. The molecule has 2 aromatic rings. The topological polar surface area (TPSA) is 17.8 Å². The van der Waals surface area contributed by atoms with E-state index in [-0.39, 0.29) is 0 Å². The number of benzene rings is 1. The minimum atomic E-state index is 1.10. The molecule has 0 unspecified atom stereocenters. The number of hydrogen-bond donors (Lipinski definition) is 0. The van der Waals surface area contributed by atoms with Crippen LogP contribution in [0.1, 0.15) is 134 Å². The number of nitrogens with zero attached hydrogens (tertiary/aromatic N) is 2. The van der Waals surface area contributed by atoms with E-state index in [1.165, 1.54) is 120 Å². The van der Waals surface area contributed by atoms with Crippen molar-refractivity contribution in [3.63, 3.8) is 0 Å². The number of imidazole rings is 1. The Hall–Kier alpha value is -1.57. The minimum absolute atomic E-state index is 1.10. The van der Waals surface area contributed by atoms with Gasteiger partial charge in [-0.3, -0.25) is 0 Å². The van der Waals surface area contributed by atoms with Gasteiger partial charge in [0.25, 0.3) is 0 Å². The third kappa shape index (κ3) is 13.0. The van der Waals surface area contributed by atoms with Gasteiger partial charge in [0.15, 0.2) is 0 Å². The molecule has 0 fully saturated rings. The lowest BCUT2D eigenvalue weighted by Gasteiger charge is -2.08. The van der Waals surface area contributed by atoms with Gasteiger partial charge < -0.3 is 4.57 Å². The summed E-state index contributed by atoms with van der Waals surface area (Å²) in [6, 6.07) is 10.9. The van der Waals surface area contributed by atoms with E-state index in [9.17, 15) is 0 Å². The SMILES string of the molecule is CCCCCCCCCCCCCn1cc(CCCc2ccccc2)nc1CCCCCC. The monoisotopic (exact) mass is 452 g/mol. The van der Waals surface area contributed by atoms with Crippen LogP contribution in [-0.4, -0.2) is 9.55 Å². The molecule has 2 heteroatoms. The van der Waals surface area contributed by atoms with Crippen molar-refractivity contribution in [2.24, 2.45) is 0 Å². The molecule has 1 aromatic heterocycles. The molecule has 0 N–H and O–H groups in total. The van der Waals surface area contributed by atoms with Crippen molar-refractivity contribution in [2.75, 3.05) is 0 Å². The highest BCUT2D eigenvalue weighted by atomic mass is 15.1. The predicted octanol–water partition coefficient (Wildman–Crippen LogP) is 9.49. The van der Waals surface area contributed by atoms with E-state index in [4.69, 9.17) is 4.98 Å². The molecule has 0 saturated heterocycles. The highest BCUT2D eigenvalue weighted by molar-refractivity contribution is 5.15. The van der Waals surface area contributed by atoms with Crippen LogP contribution < -0.4 is 0 Å². The number of rotatable bonds is 21. The lowest BCUT2D eigenvalue weighted by molar-refractivity contribution is 0.522. The summed E-state index contributed by atoms with van der Waals surface area (Å²) >= 11 is 0. The van der Waals surface area contributed by atoms with Gasteiger partial charge >= 0.3 is 0 Å². The van der Waals surface area contributed by atoms with Crippen LogP contribution in [0.5, 0.6) is 0 Å². The molecule has 0 spiro atoms. The standard InChI is InChI=1S/C31H52N2/c1-3-5-7-9-10-11-12-13-14-15-20-27-33-28-30(32-31(33)26-19-8-6-4-2)25-21-24-29-22-17-16-18-23-29/h16-18,22-23,28H,3-15,19-21,24-27H2,1-2H3. The van der Waals surface area contributed by atoms with Crippen LogP contribution in [-0.2, 0) is 25.8 Å². The molecule has 1 heterocycles. The minimum Gasteiger partial charge on any atom is -0.335 e. The molecule has 186 valence electrons. The normalized spacial score (nSPS) is 11.3. The second kappa shape index (κ2) is 18.8. The summed E-state index contributed by atoms with van der Waals surface area (Å²) in [6.07, 6.45) is 27.7. The van der Waals surface area contributed by atoms with Crippen molar-refractivity contribution >= 4 is 0 Å². The summed E-state index contributed by atoms with van der Waals surface area (Å²) in [5.74, 6) is 1.34. The van der Waals surface area contributed by atoms with Gasteiger partial charge in [-0.15, -0.1) is 0 Å². The van der Waals surface area contributed by atoms with Crippen LogP contribution in [0.3, 0.4) is 0 Å². The van der Waals surface area contributed by atoms with Crippen molar-refractivity contribution in [1.82, 2.24) is 9.55 Å². The molecule has 0 aliphatic carbocycles. The fourth-order valence-corrected chi connectivity index (χ4v) is 4.80. The molecule has 0 atom stereocenters. The molecule has 0 amide bonds. The third-order valence-corrected chi connectivity index (χ3v) is 6.91. The van der Waals surface area contributed by atoms with Crippen LogP contribution in [0.4, 0.5) is 0 Å². The average Bonchev–Trinajstić information content (AvgIpc) is 3.22. The van der Waals surface area contributed by atoms with Crippen molar-refractivity contribution in [3.8, 4) is 0 Å². The molecule has 2 rings (SSSR count). The van der Waals surface area contributed by atoms with E-state index in [1.54, 1.807) is 0 Å². The van der Waals surface area contributed by atoms with Gasteiger partial charge in [0, 0.05) is 19.2 Å². The molecule has 0 radical (unpaired) electrons. The van der Waals surface area contributed by atoms with E-state index in [1.807, 2.05) is 0 Å². The molecule has 33 heavy (non-hydrogen) atoms. The largest absolute Gasteiger partial charge is 0.335 e. The maximum atomic E-state index is 5.07. The fraction of sp³-hybridized carbons (Fsp3) is 0.710. The van der Waals surface area contributed by atoms with Gasteiger partial charge in [-0.25, -0.2) is 4.98 Å². The van der Waals surface area contributed by atoms with Gasteiger partial charge in [0.2, 0.25) is 0 Å². The van der Waals surface area contributed by atoms with E-state index in [0.29, 0.717) is 0 Å². The van der Waals surface area contributed by atoms with Gasteiger partial charge in [0.1, 0.15) is 5.82 Å². The highest BCUT2D eigenvalue weighted by Crippen LogP contribution is 2.15. The first-order valence-electron chi connectivity index (χ1n) is 14.4. The Bertz CT molecular complexity index is 688. The maximum absolute atomic E-state index is 5.07. The van der Waals surface area contributed by atoms with Gasteiger partial charge in [0.05, 0.1) is 5.69 Å². The Morgan fingerprint density at radius 1 is 0.576 bits per heavy atom. The molecule has 1 aromatic carbocycles. The second-order valence-corrected chi connectivity index (χ2v) is 10.0. The zero-order chi connectivity index (χ0) is 23.4. The van der Waals surface area contributed by atoms with Crippen LogP contribution in [0.15, 0.2) is 36.5 Å². The number of aromatic nitrogens is 2. The summed E-state index contributed by atoms with van der Waals surface area (Å²) in [5, 5.41) is 0. The Kier molecular flexibility index (Phi) is 15.8. The molecule has 0 bridgehead atoms. The summed E-state index contributed by atoms with van der Waals surface area (Å²) in [4.78, 5) is 5.07. The second-order valence-electron chi connectivity index (χ2n) is 10.0. The predicted molar refractivity (Wildman–Crippen MR) is 145 cm³/mol. The summed E-state index contributed by atoms with van der Waals surface area (Å²) in [6.45, 7) is 5.75. The van der Waals surface area contributed by atoms with Crippen LogP contribution >= 0.6 is 0 Å². The summed E-state index contributed by atoms with van der Waals surface area (Å²) in [7, 11) is 0. The van der Waals surface area contributed by atoms with Gasteiger partial charge in [-0.05, 0) is 37.7 Å². The molecule has 0 aliphatic rings. The molecular formula is C31H52N2. The number of aryl methyl sites for hydroxylation is 4. The lowest BCUT2D eigenvalue weighted by Crippen LogP contribution is -2.03. The number of hydrogen-bond acceptors (Lipinski definition) is 1. The van der Waals surface area contributed by atoms with Crippen molar-refractivity contribution in [2.45, 2.75) is 142 Å². The van der Waals surface area contributed by atoms with Crippen LogP contribution in [0.25, 0.3) is 0 Å². The van der Waals surface area contributed by atoms with Crippen LogP contribution in [0.2, 0.25) is 0 Å². The lowest BCUT2D eigenvalue weighted by atomic mass is 10.1. The van der Waals surface area contributed by atoms with E-state index in [0.717, 1.165) is 25.8 Å². The van der Waals surface area contributed by atoms with Crippen molar-refractivity contribution < 1.29 is 0 Å². The molecule has 2 nitrogen and oxygen atoms in total. The third-order valence-electron chi connectivity index (χ3n) is 6.91. The van der Waals surface area contributed by atoms with Crippen molar-refractivity contribution in [3.05, 3.63) is 53.6 Å². The van der Waals surface area contributed by atoms with Crippen molar-refractivity contribution in [1.29, 1.82) is 0 Å². The maximum Gasteiger partial charge on any atom is 0.108 e. The zero-order valence-corrected chi connectivity index (χ0v) is 22.0. The average molecular weight is 453 g/mol. The first kappa shape index (κ1) is 27.7. The van der Waals surface area contributed by atoms with Gasteiger partial charge in [-0.1, -0.05) is 128 Å². The van der Waals surface area contributed by atoms with E-state index in [2.05, 4.69) is 54.9 Å². The quantitative estimate of drug-likeness (QED) is 0.172. The Labute approximate surface area is 205 Å². The number of unbranched alkanes of at least 4 members (excludes halogenated alkanes) is 13. The highest BCUT2D eigenvalue weighted by Gasteiger charge is 2.08. The molecular weight excluding hydrogens is 400 g/mol. The van der Waals surface area contributed by atoms with E-state index >= 15 is 0 Å². The van der Waals surface area contributed by atoms with Crippen LogP contribution in [0, 0.1) is 0 Å². The Morgan fingerprint density at radius 2 is 1.15 bits per heavy atom. The first-order valence-corrected chi connectivity index (χ1v) is 14.4. The molecule has 0 aliphatic heterocycles. The zero-order valence-electron chi connectivity index (χ0n) is 22.0. The fourth-order valence-electron chi connectivity index (χ4n) is 4.80. The Balaban J connectivity index is 1.68.